The summed E-state index contributed by atoms with van der Waals surface area (Å²) in [5.74, 6) is 2.00. The van der Waals surface area contributed by atoms with Gasteiger partial charge in [0.1, 0.15) is 17.2 Å². The van der Waals surface area contributed by atoms with E-state index in [1.807, 2.05) is 56.3 Å². The standard InChI is InChI=1S/C22H26N2O4/c1-14(2)22(25)24-20(18-12-17(27-4)10-11-21(18)28-5)13-19(23-24)15-6-8-16(26-3)9-7-15/h6-12,14,20H,13H2,1-5H3/t20-/m1/s1. The van der Waals surface area contributed by atoms with Gasteiger partial charge in [0.15, 0.2) is 0 Å². The second-order valence-electron chi connectivity index (χ2n) is 6.94. The fraction of sp³-hybridized carbons (Fsp3) is 0.364. The van der Waals surface area contributed by atoms with Crippen LogP contribution in [-0.2, 0) is 4.79 Å². The van der Waals surface area contributed by atoms with Crippen LogP contribution in [0.4, 0.5) is 0 Å². The highest BCUT2D eigenvalue weighted by atomic mass is 16.5. The van der Waals surface area contributed by atoms with Crippen LogP contribution in [0.1, 0.15) is 37.4 Å². The van der Waals surface area contributed by atoms with E-state index < -0.39 is 0 Å². The molecule has 0 fully saturated rings. The number of methoxy groups -OCH3 is 3. The number of ether oxygens (including phenoxy) is 3. The molecule has 148 valence electrons. The minimum absolute atomic E-state index is 0.0293. The molecule has 0 aliphatic carbocycles. The molecular weight excluding hydrogens is 356 g/mol. The van der Waals surface area contributed by atoms with E-state index in [1.54, 1.807) is 26.3 Å². The molecule has 6 nitrogen and oxygen atoms in total. The van der Waals surface area contributed by atoms with E-state index >= 15 is 0 Å². The molecule has 0 unspecified atom stereocenters. The van der Waals surface area contributed by atoms with Gasteiger partial charge in [-0.2, -0.15) is 5.10 Å². The van der Waals surface area contributed by atoms with Crippen molar-refractivity contribution in [3.63, 3.8) is 0 Å². The summed E-state index contributed by atoms with van der Waals surface area (Å²) in [7, 11) is 4.88. The number of nitrogens with zero attached hydrogens (tertiary/aromatic N) is 2. The summed E-state index contributed by atoms with van der Waals surface area (Å²) in [5.41, 5.74) is 2.70. The number of benzene rings is 2. The molecule has 0 saturated heterocycles. The number of hydrogen-bond acceptors (Lipinski definition) is 5. The van der Waals surface area contributed by atoms with Crippen molar-refractivity contribution in [1.29, 1.82) is 0 Å². The van der Waals surface area contributed by atoms with Crippen molar-refractivity contribution in [2.45, 2.75) is 26.3 Å². The van der Waals surface area contributed by atoms with Crippen molar-refractivity contribution < 1.29 is 19.0 Å². The Morgan fingerprint density at radius 2 is 1.64 bits per heavy atom. The smallest absolute Gasteiger partial charge is 0.245 e. The predicted molar refractivity (Wildman–Crippen MR) is 108 cm³/mol. The van der Waals surface area contributed by atoms with Gasteiger partial charge in [0.05, 0.1) is 33.1 Å². The molecule has 2 aromatic rings. The topological polar surface area (TPSA) is 60.4 Å². The Labute approximate surface area is 165 Å². The van der Waals surface area contributed by atoms with Crippen molar-refractivity contribution in [3.05, 3.63) is 53.6 Å². The van der Waals surface area contributed by atoms with Crippen molar-refractivity contribution in [2.24, 2.45) is 11.0 Å². The minimum atomic E-state index is -0.253. The van der Waals surface area contributed by atoms with Crippen molar-refractivity contribution in [2.75, 3.05) is 21.3 Å². The predicted octanol–water partition coefficient (Wildman–Crippen LogP) is 4.05. The average Bonchev–Trinajstić information content (AvgIpc) is 3.17. The summed E-state index contributed by atoms with van der Waals surface area (Å²) in [4.78, 5) is 12.9. The summed E-state index contributed by atoms with van der Waals surface area (Å²) in [6.07, 6.45) is 0.592. The molecule has 0 saturated carbocycles. The highest BCUT2D eigenvalue weighted by molar-refractivity contribution is 6.03. The lowest BCUT2D eigenvalue weighted by Crippen LogP contribution is -2.30. The zero-order valence-electron chi connectivity index (χ0n) is 16.9. The van der Waals surface area contributed by atoms with E-state index in [-0.39, 0.29) is 17.9 Å². The Morgan fingerprint density at radius 1 is 1.00 bits per heavy atom. The van der Waals surface area contributed by atoms with Gasteiger partial charge in [-0.3, -0.25) is 4.79 Å². The first-order valence-corrected chi connectivity index (χ1v) is 9.25. The highest BCUT2D eigenvalue weighted by Gasteiger charge is 2.36. The molecule has 0 radical (unpaired) electrons. The van der Waals surface area contributed by atoms with Gasteiger partial charge in [-0.25, -0.2) is 5.01 Å². The van der Waals surface area contributed by atoms with Crippen molar-refractivity contribution in [3.8, 4) is 17.2 Å². The number of rotatable bonds is 6. The van der Waals surface area contributed by atoms with E-state index in [0.29, 0.717) is 17.9 Å². The van der Waals surface area contributed by atoms with Gasteiger partial charge in [0, 0.05) is 17.9 Å². The maximum atomic E-state index is 12.9. The molecular formula is C22H26N2O4. The third kappa shape index (κ3) is 3.81. The third-order valence-electron chi connectivity index (χ3n) is 4.85. The van der Waals surface area contributed by atoms with E-state index in [0.717, 1.165) is 22.6 Å². The lowest BCUT2D eigenvalue weighted by Gasteiger charge is -2.25. The Bertz CT molecular complexity index is 875. The van der Waals surface area contributed by atoms with Crippen LogP contribution in [-0.4, -0.2) is 38.0 Å². The summed E-state index contributed by atoms with van der Waals surface area (Å²) in [5, 5.41) is 6.27. The molecule has 0 aromatic heterocycles. The lowest BCUT2D eigenvalue weighted by molar-refractivity contribution is -0.136. The quantitative estimate of drug-likeness (QED) is 0.756. The first kappa shape index (κ1) is 19.7. The monoisotopic (exact) mass is 382 g/mol. The van der Waals surface area contributed by atoms with Crippen LogP contribution < -0.4 is 14.2 Å². The number of hydrogen-bond donors (Lipinski definition) is 0. The molecule has 1 atom stereocenters. The Morgan fingerprint density at radius 3 is 2.21 bits per heavy atom. The number of amides is 1. The van der Waals surface area contributed by atoms with Gasteiger partial charge in [-0.15, -0.1) is 0 Å². The number of hydrazone groups is 1. The molecule has 0 N–H and O–H groups in total. The van der Waals surface area contributed by atoms with Gasteiger partial charge < -0.3 is 14.2 Å². The normalized spacial score (nSPS) is 16.1. The summed E-state index contributed by atoms with van der Waals surface area (Å²) in [6.45, 7) is 3.76. The summed E-state index contributed by atoms with van der Waals surface area (Å²) in [6, 6.07) is 13.1. The van der Waals surface area contributed by atoms with Crippen LogP contribution in [0.5, 0.6) is 17.2 Å². The molecule has 3 rings (SSSR count). The van der Waals surface area contributed by atoms with Crippen LogP contribution in [0.25, 0.3) is 0 Å². The van der Waals surface area contributed by atoms with Gasteiger partial charge in [-0.05, 0) is 48.0 Å². The van der Waals surface area contributed by atoms with Crippen LogP contribution in [0.2, 0.25) is 0 Å². The maximum Gasteiger partial charge on any atom is 0.245 e. The fourth-order valence-electron chi connectivity index (χ4n) is 3.28. The molecule has 1 aliphatic rings. The first-order chi connectivity index (χ1) is 13.5. The SMILES string of the molecule is COc1ccc(C2=NN(C(=O)C(C)C)[C@@H](c3cc(OC)ccc3OC)C2)cc1. The van der Waals surface area contributed by atoms with Crippen LogP contribution in [0.3, 0.4) is 0 Å². The van der Waals surface area contributed by atoms with E-state index in [9.17, 15) is 4.79 Å². The molecule has 2 aromatic carbocycles. The van der Waals surface area contributed by atoms with Crippen molar-refractivity contribution >= 4 is 11.6 Å². The maximum absolute atomic E-state index is 12.9. The van der Waals surface area contributed by atoms with E-state index in [1.165, 1.54) is 0 Å². The molecule has 0 bridgehead atoms. The van der Waals surface area contributed by atoms with Crippen LogP contribution in [0, 0.1) is 5.92 Å². The second-order valence-corrected chi connectivity index (χ2v) is 6.94. The zero-order chi connectivity index (χ0) is 20.3. The molecule has 6 heteroatoms. The second kappa shape index (κ2) is 8.33. The fourth-order valence-corrected chi connectivity index (χ4v) is 3.28. The summed E-state index contributed by atoms with van der Waals surface area (Å²) < 4.78 is 16.2. The Kier molecular flexibility index (Phi) is 5.87. The molecule has 1 aliphatic heterocycles. The highest BCUT2D eigenvalue weighted by Crippen LogP contribution is 2.40. The third-order valence-corrected chi connectivity index (χ3v) is 4.85. The first-order valence-electron chi connectivity index (χ1n) is 9.25. The largest absolute Gasteiger partial charge is 0.497 e. The van der Waals surface area contributed by atoms with Gasteiger partial charge in [0.2, 0.25) is 5.91 Å². The Balaban J connectivity index is 2.02. The number of carbonyl (C=O) groups is 1. The average molecular weight is 382 g/mol. The Hall–Kier alpha value is -3.02. The molecule has 1 amide bonds. The van der Waals surface area contributed by atoms with E-state index in [4.69, 9.17) is 14.2 Å². The summed E-state index contributed by atoms with van der Waals surface area (Å²) >= 11 is 0. The van der Waals surface area contributed by atoms with Gasteiger partial charge in [0.25, 0.3) is 0 Å². The van der Waals surface area contributed by atoms with Gasteiger partial charge >= 0.3 is 0 Å². The molecule has 0 spiro atoms. The zero-order valence-corrected chi connectivity index (χ0v) is 16.9. The lowest BCUT2D eigenvalue weighted by atomic mass is 9.97. The van der Waals surface area contributed by atoms with Crippen LogP contribution in [0.15, 0.2) is 47.6 Å². The van der Waals surface area contributed by atoms with Crippen molar-refractivity contribution in [1.82, 2.24) is 5.01 Å². The molecule has 28 heavy (non-hydrogen) atoms. The van der Waals surface area contributed by atoms with E-state index in [2.05, 4.69) is 5.10 Å². The minimum Gasteiger partial charge on any atom is -0.497 e. The molecule has 1 heterocycles. The van der Waals surface area contributed by atoms with Gasteiger partial charge in [-0.1, -0.05) is 13.8 Å². The number of carbonyl (C=O) groups excluding carboxylic acids is 1. The van der Waals surface area contributed by atoms with Crippen LogP contribution >= 0.6 is 0 Å².